The fraction of sp³-hybridized carbons (Fsp3) is 0.176. The first-order valence-electron chi connectivity index (χ1n) is 13.9. The average Bonchev–Trinajstić information content (AvgIpc) is 3.01. The number of ether oxygens (including phenoxy) is 5. The lowest BCUT2D eigenvalue weighted by Gasteiger charge is -2.27. The number of nitriles is 1. The molecule has 2 atom stereocenters. The van der Waals surface area contributed by atoms with Crippen LogP contribution in [-0.2, 0) is 11.4 Å². The van der Waals surface area contributed by atoms with Gasteiger partial charge in [0.1, 0.15) is 41.3 Å². The molecule has 0 bridgehead atoms. The number of carbonyl (C=O) groups excluding carboxylic acids is 1. The van der Waals surface area contributed by atoms with E-state index in [-0.39, 0.29) is 23.8 Å². The molecule has 8 nitrogen and oxygen atoms in total. The largest absolute Gasteiger partial charge is 0.490 e. The standard InChI is InChI=1S/C34H27Cl2FN2O6/c1-3-41-31-14-20(5-13-29(31)42-18-21-4-6-22(35)15-28(21)36)32-26-12-11-25(16-30(26)45-33(39)27(32)17-38)44-34(40)19(2)43-24-9-7-23(37)8-10-24/h4-16,19,32H,3,18,39H2,1-2H3. The molecule has 0 spiro atoms. The predicted molar refractivity (Wildman–Crippen MR) is 166 cm³/mol. The highest BCUT2D eigenvalue weighted by molar-refractivity contribution is 6.35. The minimum Gasteiger partial charge on any atom is -0.490 e. The molecule has 0 aliphatic carbocycles. The number of fused-ring (bicyclic) bond motifs is 1. The Morgan fingerprint density at radius 1 is 1.00 bits per heavy atom. The Balaban J connectivity index is 1.39. The lowest BCUT2D eigenvalue weighted by Crippen LogP contribution is -2.28. The van der Waals surface area contributed by atoms with Crippen LogP contribution in [0, 0.1) is 17.1 Å². The van der Waals surface area contributed by atoms with E-state index in [1.54, 1.807) is 42.5 Å². The van der Waals surface area contributed by atoms with E-state index >= 15 is 0 Å². The van der Waals surface area contributed by atoms with Crippen molar-refractivity contribution in [1.82, 2.24) is 0 Å². The van der Waals surface area contributed by atoms with Gasteiger partial charge in [0.25, 0.3) is 0 Å². The van der Waals surface area contributed by atoms with E-state index in [1.165, 1.54) is 37.3 Å². The molecule has 4 aromatic rings. The van der Waals surface area contributed by atoms with Crippen molar-refractivity contribution in [2.24, 2.45) is 5.73 Å². The number of nitrogens with zero attached hydrogens (tertiary/aromatic N) is 1. The number of halogens is 3. The van der Waals surface area contributed by atoms with E-state index in [2.05, 4.69) is 6.07 Å². The molecule has 11 heteroatoms. The summed E-state index contributed by atoms with van der Waals surface area (Å²) in [4.78, 5) is 12.7. The van der Waals surface area contributed by atoms with Crippen LogP contribution in [0.4, 0.5) is 4.39 Å². The topological polar surface area (TPSA) is 113 Å². The number of esters is 1. The number of rotatable bonds is 10. The SMILES string of the molecule is CCOc1cc(C2C(C#N)=C(N)Oc3cc(OC(=O)C(C)Oc4ccc(F)cc4)ccc32)ccc1OCc1ccc(Cl)cc1Cl. The highest BCUT2D eigenvalue weighted by atomic mass is 35.5. The normalized spacial score (nSPS) is 14.4. The van der Waals surface area contributed by atoms with Crippen LogP contribution in [0.25, 0.3) is 0 Å². The first-order valence-corrected chi connectivity index (χ1v) is 14.6. The summed E-state index contributed by atoms with van der Waals surface area (Å²) in [6.45, 7) is 3.92. The third-order valence-electron chi connectivity index (χ3n) is 6.87. The summed E-state index contributed by atoms with van der Waals surface area (Å²) in [5, 5.41) is 11.0. The molecular formula is C34H27Cl2FN2O6. The average molecular weight is 650 g/mol. The van der Waals surface area contributed by atoms with Gasteiger partial charge in [0.15, 0.2) is 17.6 Å². The molecule has 1 aliphatic heterocycles. The van der Waals surface area contributed by atoms with Gasteiger partial charge < -0.3 is 29.4 Å². The van der Waals surface area contributed by atoms with Crippen LogP contribution in [0.5, 0.6) is 28.7 Å². The van der Waals surface area contributed by atoms with E-state index in [0.29, 0.717) is 50.8 Å². The second-order valence-electron chi connectivity index (χ2n) is 9.92. The maximum absolute atomic E-state index is 13.2. The molecule has 0 saturated carbocycles. The zero-order valence-electron chi connectivity index (χ0n) is 24.2. The Morgan fingerprint density at radius 3 is 2.47 bits per heavy atom. The summed E-state index contributed by atoms with van der Waals surface area (Å²) in [6, 6.07) is 22.8. The highest BCUT2D eigenvalue weighted by Crippen LogP contribution is 2.45. The zero-order chi connectivity index (χ0) is 32.1. The fourth-order valence-corrected chi connectivity index (χ4v) is 5.16. The number of carbonyl (C=O) groups is 1. The quantitative estimate of drug-likeness (QED) is 0.137. The molecule has 2 unspecified atom stereocenters. The maximum Gasteiger partial charge on any atom is 0.352 e. The molecule has 0 radical (unpaired) electrons. The molecule has 0 fully saturated rings. The molecule has 2 N–H and O–H groups in total. The number of benzene rings is 4. The first-order chi connectivity index (χ1) is 21.7. The Kier molecular flexibility index (Phi) is 9.67. The predicted octanol–water partition coefficient (Wildman–Crippen LogP) is 7.70. The van der Waals surface area contributed by atoms with Gasteiger partial charge in [-0.15, -0.1) is 0 Å². The molecule has 45 heavy (non-hydrogen) atoms. The van der Waals surface area contributed by atoms with Crippen LogP contribution in [0.15, 0.2) is 90.3 Å². The van der Waals surface area contributed by atoms with Gasteiger partial charge in [-0.1, -0.05) is 41.4 Å². The van der Waals surface area contributed by atoms with Crippen LogP contribution in [0.3, 0.4) is 0 Å². The van der Waals surface area contributed by atoms with Crippen molar-refractivity contribution in [3.63, 3.8) is 0 Å². The summed E-state index contributed by atoms with van der Waals surface area (Å²) in [5.74, 6) is -0.0375. The molecule has 0 aromatic heterocycles. The third kappa shape index (κ3) is 7.26. The zero-order valence-corrected chi connectivity index (χ0v) is 25.7. The minimum absolute atomic E-state index is 0.0813. The van der Waals surface area contributed by atoms with Crippen molar-refractivity contribution in [1.29, 1.82) is 5.26 Å². The Labute approximate surface area is 269 Å². The van der Waals surface area contributed by atoms with Gasteiger partial charge in [-0.05, 0) is 74.0 Å². The van der Waals surface area contributed by atoms with Gasteiger partial charge in [0.2, 0.25) is 5.88 Å². The molecule has 0 saturated heterocycles. The number of hydrogen-bond acceptors (Lipinski definition) is 8. The molecule has 5 rings (SSSR count). The molecule has 0 amide bonds. The second kappa shape index (κ2) is 13.8. The summed E-state index contributed by atoms with van der Waals surface area (Å²) in [5.41, 5.74) is 8.48. The van der Waals surface area contributed by atoms with Crippen molar-refractivity contribution in [3.05, 3.63) is 123 Å². The van der Waals surface area contributed by atoms with Gasteiger partial charge in [-0.2, -0.15) is 5.26 Å². The van der Waals surface area contributed by atoms with E-state index in [1.807, 2.05) is 13.0 Å². The molecule has 1 aliphatic rings. The van der Waals surface area contributed by atoms with E-state index in [4.69, 9.17) is 52.6 Å². The minimum atomic E-state index is -0.983. The van der Waals surface area contributed by atoms with Gasteiger partial charge in [0.05, 0.1) is 12.5 Å². The highest BCUT2D eigenvalue weighted by Gasteiger charge is 2.32. The van der Waals surface area contributed by atoms with Crippen molar-refractivity contribution in [2.45, 2.75) is 32.5 Å². The summed E-state index contributed by atoms with van der Waals surface area (Å²) in [7, 11) is 0. The summed E-state index contributed by atoms with van der Waals surface area (Å²) >= 11 is 12.3. The third-order valence-corrected chi connectivity index (χ3v) is 7.45. The van der Waals surface area contributed by atoms with Gasteiger partial charge in [-0.3, -0.25) is 0 Å². The van der Waals surface area contributed by atoms with E-state index < -0.39 is 23.8 Å². The summed E-state index contributed by atoms with van der Waals surface area (Å²) in [6.07, 6.45) is -0.983. The maximum atomic E-state index is 13.2. The van der Waals surface area contributed by atoms with Crippen LogP contribution < -0.4 is 29.4 Å². The summed E-state index contributed by atoms with van der Waals surface area (Å²) < 4.78 is 42.0. The number of hydrogen-bond donors (Lipinski definition) is 1. The van der Waals surface area contributed by atoms with E-state index in [0.717, 1.165) is 5.56 Å². The molecule has 230 valence electrons. The first kappa shape index (κ1) is 31.5. The Hall–Kier alpha value is -4.91. The molecule has 1 heterocycles. The Morgan fingerprint density at radius 2 is 1.76 bits per heavy atom. The second-order valence-corrected chi connectivity index (χ2v) is 10.8. The van der Waals surface area contributed by atoms with Crippen molar-refractivity contribution in [2.75, 3.05) is 6.61 Å². The van der Waals surface area contributed by atoms with Gasteiger partial charge in [0, 0.05) is 27.2 Å². The smallest absolute Gasteiger partial charge is 0.352 e. The van der Waals surface area contributed by atoms with Gasteiger partial charge in [-0.25, -0.2) is 9.18 Å². The molecular weight excluding hydrogens is 622 g/mol. The van der Waals surface area contributed by atoms with Crippen LogP contribution in [0.2, 0.25) is 10.0 Å². The number of nitrogens with two attached hydrogens (primary N) is 1. The molecule has 4 aromatic carbocycles. The van der Waals surface area contributed by atoms with Crippen molar-refractivity contribution >= 4 is 29.2 Å². The van der Waals surface area contributed by atoms with Crippen LogP contribution in [-0.4, -0.2) is 18.7 Å². The monoisotopic (exact) mass is 648 g/mol. The Bertz CT molecular complexity index is 1810. The van der Waals surface area contributed by atoms with Gasteiger partial charge >= 0.3 is 5.97 Å². The van der Waals surface area contributed by atoms with Crippen molar-refractivity contribution in [3.8, 4) is 34.8 Å². The van der Waals surface area contributed by atoms with E-state index in [9.17, 15) is 14.4 Å². The van der Waals surface area contributed by atoms with Crippen LogP contribution in [0.1, 0.15) is 36.5 Å². The lowest BCUT2D eigenvalue weighted by molar-refractivity contribution is -0.141. The van der Waals surface area contributed by atoms with Crippen molar-refractivity contribution < 1.29 is 32.9 Å². The van der Waals surface area contributed by atoms with Crippen LogP contribution >= 0.6 is 23.2 Å². The fourth-order valence-electron chi connectivity index (χ4n) is 4.69. The lowest BCUT2D eigenvalue weighted by atomic mass is 9.83. The number of allylic oxidation sites excluding steroid dienone is 1.